The minimum Gasteiger partial charge on any atom is -0.353 e. The third kappa shape index (κ3) is 4.67. The van der Waals surface area contributed by atoms with Gasteiger partial charge in [0.1, 0.15) is 17.7 Å². The van der Waals surface area contributed by atoms with Crippen LogP contribution in [0.3, 0.4) is 0 Å². The van der Waals surface area contributed by atoms with Gasteiger partial charge in [0.15, 0.2) is 0 Å². The van der Waals surface area contributed by atoms with Gasteiger partial charge in [-0.05, 0) is 25.3 Å². The average Bonchev–Trinajstić information content (AvgIpc) is 3.22. The Morgan fingerprint density at radius 3 is 2.46 bits per heavy atom. The van der Waals surface area contributed by atoms with Gasteiger partial charge in [-0.3, -0.25) is 9.59 Å². The summed E-state index contributed by atoms with van der Waals surface area (Å²) in [7, 11) is 0. The van der Waals surface area contributed by atoms with Crippen LogP contribution in [0.4, 0.5) is 5.82 Å². The molecule has 8 heteroatoms. The van der Waals surface area contributed by atoms with E-state index in [1.165, 1.54) is 11.3 Å². The summed E-state index contributed by atoms with van der Waals surface area (Å²) in [5.41, 5.74) is 0.956. The normalized spacial score (nSPS) is 15.6. The fourth-order valence-corrected chi connectivity index (χ4v) is 3.79. The van der Waals surface area contributed by atoms with Crippen LogP contribution < -0.4 is 10.2 Å². The number of hydrogen-bond acceptors (Lipinski definition) is 6. The van der Waals surface area contributed by atoms with Gasteiger partial charge < -0.3 is 15.1 Å². The molecule has 1 N–H and O–H groups in total. The number of amides is 2. The summed E-state index contributed by atoms with van der Waals surface area (Å²) < 4.78 is 0. The topological polar surface area (TPSA) is 78.4 Å². The van der Waals surface area contributed by atoms with Crippen LogP contribution in [-0.4, -0.2) is 58.9 Å². The van der Waals surface area contributed by atoms with Gasteiger partial charge in [0, 0.05) is 43.9 Å². The molecule has 7 nitrogen and oxygen atoms in total. The number of piperazine rings is 1. The van der Waals surface area contributed by atoms with Crippen LogP contribution in [0, 0.1) is 6.92 Å². The molecule has 150 valence electrons. The predicted octanol–water partition coefficient (Wildman–Crippen LogP) is 2.44. The third-order valence-electron chi connectivity index (χ3n) is 4.75. The molecule has 2 aromatic rings. The van der Waals surface area contributed by atoms with Gasteiger partial charge in [0.2, 0.25) is 5.91 Å². The van der Waals surface area contributed by atoms with E-state index in [-0.39, 0.29) is 17.7 Å². The highest BCUT2D eigenvalue weighted by Crippen LogP contribution is 2.19. The number of aromatic nitrogens is 2. The minimum atomic E-state index is -0.546. The number of hydrogen-bond donors (Lipinski definition) is 1. The number of carbonyl (C=O) groups excluding carboxylic acids is 2. The molecule has 2 aromatic heterocycles. The Morgan fingerprint density at radius 2 is 1.86 bits per heavy atom. The van der Waals surface area contributed by atoms with E-state index in [0.717, 1.165) is 17.3 Å². The number of nitrogens with zero attached hydrogens (tertiary/aromatic N) is 4. The van der Waals surface area contributed by atoms with Crippen molar-refractivity contribution < 1.29 is 9.59 Å². The van der Waals surface area contributed by atoms with E-state index in [2.05, 4.69) is 34.0 Å². The van der Waals surface area contributed by atoms with Gasteiger partial charge in [0.25, 0.3) is 5.91 Å². The van der Waals surface area contributed by atoms with Gasteiger partial charge in [0.05, 0.1) is 4.88 Å². The Morgan fingerprint density at radius 1 is 1.14 bits per heavy atom. The summed E-state index contributed by atoms with van der Waals surface area (Å²) in [5, 5.41) is 4.64. The molecular formula is C20H27N5O2S. The van der Waals surface area contributed by atoms with Crippen LogP contribution in [0.15, 0.2) is 23.6 Å². The highest BCUT2D eigenvalue weighted by atomic mass is 32.1. The largest absolute Gasteiger partial charge is 0.353 e. The highest BCUT2D eigenvalue weighted by Gasteiger charge is 2.27. The van der Waals surface area contributed by atoms with Crippen LogP contribution >= 0.6 is 11.3 Å². The average molecular weight is 402 g/mol. The lowest BCUT2D eigenvalue weighted by Crippen LogP contribution is -2.54. The number of nitrogens with one attached hydrogen (secondary N) is 1. The molecule has 2 amide bonds. The number of rotatable bonds is 5. The van der Waals surface area contributed by atoms with Crippen LogP contribution in [0.25, 0.3) is 0 Å². The van der Waals surface area contributed by atoms with E-state index in [1.54, 1.807) is 13.0 Å². The van der Waals surface area contributed by atoms with Gasteiger partial charge in [-0.1, -0.05) is 19.9 Å². The van der Waals surface area contributed by atoms with Crippen molar-refractivity contribution in [3.05, 3.63) is 40.0 Å². The number of aryl methyl sites for hydroxylation is 1. The minimum absolute atomic E-state index is 0.0497. The maximum Gasteiger partial charge on any atom is 0.261 e. The van der Waals surface area contributed by atoms with Gasteiger partial charge in [-0.15, -0.1) is 11.3 Å². The highest BCUT2D eigenvalue weighted by molar-refractivity contribution is 7.12. The predicted molar refractivity (Wildman–Crippen MR) is 111 cm³/mol. The lowest BCUT2D eigenvalue weighted by molar-refractivity contribution is -0.133. The summed E-state index contributed by atoms with van der Waals surface area (Å²) in [6, 6.07) is 5.03. The summed E-state index contributed by atoms with van der Waals surface area (Å²) in [4.78, 5) is 38.7. The summed E-state index contributed by atoms with van der Waals surface area (Å²) in [6.07, 6.45) is 0. The summed E-state index contributed by atoms with van der Waals surface area (Å²) in [6.45, 7) is 10.5. The molecule has 3 rings (SSSR count). The maximum absolute atomic E-state index is 12.7. The number of carbonyl (C=O) groups is 2. The smallest absolute Gasteiger partial charge is 0.261 e. The second-order valence-corrected chi connectivity index (χ2v) is 8.31. The quantitative estimate of drug-likeness (QED) is 0.833. The molecule has 1 atom stereocenters. The molecule has 0 aliphatic carbocycles. The first-order chi connectivity index (χ1) is 13.3. The molecule has 0 bridgehead atoms. The van der Waals surface area contributed by atoms with Crippen molar-refractivity contribution in [2.24, 2.45) is 0 Å². The first-order valence-electron chi connectivity index (χ1n) is 9.59. The zero-order valence-electron chi connectivity index (χ0n) is 16.8. The van der Waals surface area contributed by atoms with Gasteiger partial charge >= 0.3 is 0 Å². The van der Waals surface area contributed by atoms with E-state index in [4.69, 9.17) is 0 Å². The summed E-state index contributed by atoms with van der Waals surface area (Å²) >= 11 is 1.37. The van der Waals surface area contributed by atoms with E-state index >= 15 is 0 Å². The molecule has 0 radical (unpaired) electrons. The summed E-state index contributed by atoms with van der Waals surface area (Å²) in [5.74, 6) is 1.79. The fourth-order valence-electron chi connectivity index (χ4n) is 3.16. The van der Waals surface area contributed by atoms with Crippen LogP contribution in [0.2, 0.25) is 0 Å². The standard InChI is InChI=1S/C20H27N5O2S/c1-13(2)18-21-14(3)12-17(23-18)24-7-9-25(10-8-24)20(27)15(4)22-19(26)16-6-5-11-28-16/h5-6,11-13,15H,7-10H2,1-4H3,(H,22,26)/t15-/m0/s1. The second kappa shape index (κ2) is 8.68. The first-order valence-corrected chi connectivity index (χ1v) is 10.5. The lowest BCUT2D eigenvalue weighted by Gasteiger charge is -2.36. The fraction of sp³-hybridized carbons (Fsp3) is 0.500. The molecule has 0 saturated carbocycles. The number of thiophene rings is 1. The SMILES string of the molecule is Cc1cc(N2CCN(C(=O)[C@H](C)NC(=O)c3cccs3)CC2)nc(C(C)C)n1. The lowest BCUT2D eigenvalue weighted by atomic mass is 10.2. The van der Waals surface area contributed by atoms with Gasteiger partial charge in [-0.2, -0.15) is 0 Å². The zero-order valence-corrected chi connectivity index (χ0v) is 17.6. The Hall–Kier alpha value is -2.48. The van der Waals surface area contributed by atoms with E-state index < -0.39 is 6.04 Å². The Kier molecular flexibility index (Phi) is 6.28. The molecule has 1 aliphatic rings. The van der Waals surface area contributed by atoms with Crippen molar-refractivity contribution in [1.82, 2.24) is 20.2 Å². The van der Waals surface area contributed by atoms with Crippen molar-refractivity contribution in [3.8, 4) is 0 Å². The van der Waals surface area contributed by atoms with Crippen molar-refractivity contribution >= 4 is 29.0 Å². The molecular weight excluding hydrogens is 374 g/mol. The molecule has 3 heterocycles. The monoisotopic (exact) mass is 401 g/mol. The van der Waals surface area contributed by atoms with E-state index in [9.17, 15) is 9.59 Å². The molecule has 1 aliphatic heterocycles. The first kappa shape index (κ1) is 20.3. The Labute approximate surface area is 169 Å². The van der Waals surface area contributed by atoms with Crippen molar-refractivity contribution in [3.63, 3.8) is 0 Å². The zero-order chi connectivity index (χ0) is 20.3. The van der Waals surface area contributed by atoms with Crippen molar-refractivity contribution in [2.75, 3.05) is 31.1 Å². The van der Waals surface area contributed by atoms with E-state index in [0.29, 0.717) is 31.1 Å². The third-order valence-corrected chi connectivity index (χ3v) is 5.62. The van der Waals surface area contributed by atoms with Crippen LogP contribution in [0.1, 0.15) is 47.9 Å². The molecule has 0 unspecified atom stereocenters. The van der Waals surface area contributed by atoms with Crippen LogP contribution in [-0.2, 0) is 4.79 Å². The molecule has 0 aromatic carbocycles. The molecule has 0 spiro atoms. The van der Waals surface area contributed by atoms with Gasteiger partial charge in [-0.25, -0.2) is 9.97 Å². The molecule has 28 heavy (non-hydrogen) atoms. The molecule has 1 fully saturated rings. The Bertz CT molecular complexity index is 829. The maximum atomic E-state index is 12.7. The second-order valence-electron chi connectivity index (χ2n) is 7.37. The van der Waals surface area contributed by atoms with E-state index in [1.807, 2.05) is 29.3 Å². The molecule has 1 saturated heterocycles. The van der Waals surface area contributed by atoms with Crippen LogP contribution in [0.5, 0.6) is 0 Å². The van der Waals surface area contributed by atoms with Crippen molar-refractivity contribution in [1.29, 1.82) is 0 Å². The van der Waals surface area contributed by atoms with Crippen molar-refractivity contribution in [2.45, 2.75) is 39.7 Å². The Balaban J connectivity index is 1.57. The number of anilines is 1.